The second-order valence-electron chi connectivity index (χ2n) is 4.20. The highest BCUT2D eigenvalue weighted by Gasteiger charge is 2.07. The lowest BCUT2D eigenvalue weighted by molar-refractivity contribution is 0.199. The van der Waals surface area contributed by atoms with Crippen molar-refractivity contribution in [1.29, 1.82) is 0 Å². The molecule has 0 saturated heterocycles. The van der Waals surface area contributed by atoms with E-state index < -0.39 is 0 Å². The Morgan fingerprint density at radius 2 is 2.14 bits per heavy atom. The van der Waals surface area contributed by atoms with Crippen LogP contribution in [0.5, 0.6) is 5.88 Å². The molecule has 0 atom stereocenters. The number of ether oxygens (including phenoxy) is 2. The lowest BCUT2D eigenvalue weighted by Crippen LogP contribution is -2.21. The van der Waals surface area contributed by atoms with Crippen LogP contribution in [0, 0.1) is 0 Å². The number of rotatable bonds is 7. The Balaban J connectivity index is 2.19. The predicted molar refractivity (Wildman–Crippen MR) is 76.0 cm³/mol. The molecule has 0 spiro atoms. The first-order valence-corrected chi connectivity index (χ1v) is 6.39. The van der Waals surface area contributed by atoms with Crippen LogP contribution in [0.1, 0.15) is 5.69 Å². The smallest absolute Gasteiger partial charge is 0.251 e. The largest absolute Gasteiger partial charge is 0.481 e. The fourth-order valence-electron chi connectivity index (χ4n) is 1.69. The second-order valence-corrected chi connectivity index (χ2v) is 4.20. The Labute approximate surface area is 121 Å². The van der Waals surface area contributed by atoms with Crippen molar-refractivity contribution < 1.29 is 9.47 Å². The van der Waals surface area contributed by atoms with Crippen LogP contribution in [0.3, 0.4) is 0 Å². The minimum atomic E-state index is -0.235. The van der Waals surface area contributed by atoms with Gasteiger partial charge in [0.15, 0.2) is 5.82 Å². The summed E-state index contributed by atoms with van der Waals surface area (Å²) in [6.45, 7) is 1.75. The molecule has 0 fully saturated rings. The molecule has 0 bridgehead atoms. The number of nitrogens with one attached hydrogen (secondary N) is 2. The Kier molecular flexibility index (Phi) is 5.35. The highest BCUT2D eigenvalue weighted by Crippen LogP contribution is 2.14. The van der Waals surface area contributed by atoms with Gasteiger partial charge in [-0.15, -0.1) is 0 Å². The average molecular weight is 291 g/mol. The van der Waals surface area contributed by atoms with Crippen molar-refractivity contribution in [2.75, 3.05) is 27.4 Å². The molecule has 2 heterocycles. The van der Waals surface area contributed by atoms with E-state index in [4.69, 9.17) is 9.47 Å². The van der Waals surface area contributed by atoms with Crippen LogP contribution in [0.25, 0.3) is 11.5 Å². The molecule has 2 aromatic rings. The van der Waals surface area contributed by atoms with E-state index in [0.29, 0.717) is 42.8 Å². The second kappa shape index (κ2) is 7.46. The summed E-state index contributed by atoms with van der Waals surface area (Å²) in [7, 11) is 3.15. The minimum absolute atomic E-state index is 0.235. The first kappa shape index (κ1) is 15.1. The summed E-state index contributed by atoms with van der Waals surface area (Å²) in [5.41, 5.74) is 0.890. The summed E-state index contributed by atoms with van der Waals surface area (Å²) in [5, 5.41) is 3.13. The van der Waals surface area contributed by atoms with E-state index in [9.17, 15) is 4.79 Å². The Morgan fingerprint density at radius 3 is 2.90 bits per heavy atom. The first-order valence-electron chi connectivity index (χ1n) is 6.39. The van der Waals surface area contributed by atoms with Crippen LogP contribution in [-0.2, 0) is 11.3 Å². The maximum Gasteiger partial charge on any atom is 0.251 e. The lowest BCUT2D eigenvalue weighted by atomic mass is 10.3. The molecule has 2 rings (SSSR count). The van der Waals surface area contributed by atoms with Crippen molar-refractivity contribution in [3.63, 3.8) is 0 Å². The zero-order valence-electron chi connectivity index (χ0n) is 11.9. The zero-order chi connectivity index (χ0) is 15.1. The number of nitrogens with zero attached hydrogens (tertiary/aromatic N) is 3. The van der Waals surface area contributed by atoms with Crippen LogP contribution in [0.2, 0.25) is 0 Å². The number of H-pyrrole nitrogens is 1. The van der Waals surface area contributed by atoms with Crippen LogP contribution in [0.15, 0.2) is 23.3 Å². The molecular weight excluding hydrogens is 274 g/mol. The van der Waals surface area contributed by atoms with E-state index >= 15 is 0 Å². The standard InChI is InChI=1S/C13H17N5O3/c1-20-4-3-14-7-9-5-11(19)18-13(17-9)10-6-12(21-2)16-8-15-10/h5-6,8,14H,3-4,7H2,1-2H3,(H,17,18,19). The molecule has 0 saturated carbocycles. The van der Waals surface area contributed by atoms with E-state index in [2.05, 4.69) is 25.3 Å². The summed E-state index contributed by atoms with van der Waals surface area (Å²) in [6, 6.07) is 3.06. The monoisotopic (exact) mass is 291 g/mol. The SMILES string of the molecule is COCCNCc1cc(=O)[nH]c(-c2cc(OC)ncn2)n1. The van der Waals surface area contributed by atoms with Crippen molar-refractivity contribution in [2.45, 2.75) is 6.54 Å². The number of aromatic nitrogens is 4. The predicted octanol–water partition coefficient (Wildman–Crippen LogP) is -0.0285. The molecule has 8 heteroatoms. The molecule has 2 aromatic heterocycles. The quantitative estimate of drug-likeness (QED) is 0.691. The average Bonchev–Trinajstić information content (AvgIpc) is 2.51. The minimum Gasteiger partial charge on any atom is -0.481 e. The lowest BCUT2D eigenvalue weighted by Gasteiger charge is -2.06. The first-order chi connectivity index (χ1) is 10.2. The summed E-state index contributed by atoms with van der Waals surface area (Å²) >= 11 is 0. The van der Waals surface area contributed by atoms with Gasteiger partial charge in [0.1, 0.15) is 12.0 Å². The van der Waals surface area contributed by atoms with Gasteiger partial charge in [-0.3, -0.25) is 4.79 Å². The zero-order valence-corrected chi connectivity index (χ0v) is 11.9. The number of hydrogen-bond donors (Lipinski definition) is 2. The van der Waals surface area contributed by atoms with E-state index in [1.807, 2.05) is 0 Å². The van der Waals surface area contributed by atoms with Gasteiger partial charge in [0, 0.05) is 32.3 Å². The third-order valence-corrected chi connectivity index (χ3v) is 2.68. The van der Waals surface area contributed by atoms with Gasteiger partial charge in [-0.05, 0) is 0 Å². The topological polar surface area (TPSA) is 102 Å². The number of hydrogen-bond acceptors (Lipinski definition) is 7. The van der Waals surface area contributed by atoms with Gasteiger partial charge in [0.2, 0.25) is 5.88 Å². The Hall–Kier alpha value is -2.32. The van der Waals surface area contributed by atoms with Gasteiger partial charge in [0.25, 0.3) is 5.56 Å². The van der Waals surface area contributed by atoms with Gasteiger partial charge in [-0.2, -0.15) is 0 Å². The molecule has 0 aliphatic heterocycles. The molecule has 0 aliphatic rings. The van der Waals surface area contributed by atoms with Crippen molar-refractivity contribution in [1.82, 2.24) is 25.3 Å². The molecule has 0 unspecified atom stereocenters. The van der Waals surface area contributed by atoms with Crippen molar-refractivity contribution in [3.05, 3.63) is 34.5 Å². The van der Waals surface area contributed by atoms with Crippen LogP contribution < -0.4 is 15.6 Å². The van der Waals surface area contributed by atoms with E-state index in [-0.39, 0.29) is 5.56 Å². The fraction of sp³-hybridized carbons (Fsp3) is 0.385. The number of methoxy groups -OCH3 is 2. The van der Waals surface area contributed by atoms with Crippen molar-refractivity contribution >= 4 is 0 Å². The maximum atomic E-state index is 11.7. The van der Waals surface area contributed by atoms with E-state index in [1.54, 1.807) is 13.2 Å². The normalized spacial score (nSPS) is 10.6. The molecule has 8 nitrogen and oxygen atoms in total. The van der Waals surface area contributed by atoms with Gasteiger partial charge in [-0.1, -0.05) is 0 Å². The molecule has 0 aliphatic carbocycles. The molecule has 0 radical (unpaired) electrons. The summed E-state index contributed by atoms with van der Waals surface area (Å²) in [6.07, 6.45) is 1.36. The Bertz CT molecular complexity index is 644. The molecule has 0 aromatic carbocycles. The van der Waals surface area contributed by atoms with Crippen LogP contribution in [-0.4, -0.2) is 47.3 Å². The third-order valence-electron chi connectivity index (χ3n) is 2.68. The summed E-state index contributed by atoms with van der Waals surface area (Å²) in [5.74, 6) is 0.790. The Morgan fingerprint density at radius 1 is 1.29 bits per heavy atom. The van der Waals surface area contributed by atoms with Gasteiger partial charge in [0.05, 0.1) is 19.4 Å². The highest BCUT2D eigenvalue weighted by atomic mass is 16.5. The molecule has 112 valence electrons. The summed E-state index contributed by atoms with van der Waals surface area (Å²) in [4.78, 5) is 26.7. The maximum absolute atomic E-state index is 11.7. The van der Waals surface area contributed by atoms with E-state index in [1.165, 1.54) is 19.5 Å². The third kappa shape index (κ3) is 4.33. The van der Waals surface area contributed by atoms with Gasteiger partial charge >= 0.3 is 0 Å². The molecular formula is C13H17N5O3. The molecule has 2 N–H and O–H groups in total. The number of aromatic amines is 1. The van der Waals surface area contributed by atoms with Crippen molar-refractivity contribution in [2.24, 2.45) is 0 Å². The van der Waals surface area contributed by atoms with Gasteiger partial charge in [-0.25, -0.2) is 15.0 Å². The summed E-state index contributed by atoms with van der Waals surface area (Å²) < 4.78 is 9.97. The fourth-order valence-corrected chi connectivity index (χ4v) is 1.69. The van der Waals surface area contributed by atoms with Crippen LogP contribution in [0.4, 0.5) is 0 Å². The molecule has 21 heavy (non-hydrogen) atoms. The highest BCUT2D eigenvalue weighted by molar-refractivity contribution is 5.49. The van der Waals surface area contributed by atoms with Gasteiger partial charge < -0.3 is 19.8 Å². The van der Waals surface area contributed by atoms with Crippen molar-refractivity contribution in [3.8, 4) is 17.4 Å². The van der Waals surface area contributed by atoms with Crippen LogP contribution >= 0.6 is 0 Å². The van der Waals surface area contributed by atoms with E-state index in [0.717, 1.165) is 0 Å². The molecule has 0 amide bonds.